The molecule has 4 heterocycles. The number of hydrogen-bond acceptors (Lipinski definition) is 4. The van der Waals surface area contributed by atoms with Gasteiger partial charge in [0, 0.05) is 63.6 Å². The van der Waals surface area contributed by atoms with Crippen LogP contribution in [0.2, 0.25) is 0 Å². The Morgan fingerprint density at radius 3 is 3.00 bits per heavy atom. The Morgan fingerprint density at radius 2 is 2.30 bits per heavy atom. The molecule has 3 fully saturated rings. The van der Waals surface area contributed by atoms with Gasteiger partial charge in [0.15, 0.2) is 0 Å². The SMILES string of the molecule is CCn1cc([C@H]2OCC[C@@H]2CN2CC(N3CCNC3=O)C2)cn1. The monoisotopic (exact) mass is 319 g/mol. The van der Waals surface area contributed by atoms with Crippen LogP contribution in [0, 0.1) is 5.92 Å². The molecule has 0 aromatic carbocycles. The maximum atomic E-state index is 11.7. The third kappa shape index (κ3) is 2.83. The second-order valence-electron chi connectivity index (χ2n) is 6.77. The largest absolute Gasteiger partial charge is 0.373 e. The van der Waals surface area contributed by atoms with Crippen LogP contribution in [-0.4, -0.2) is 71.0 Å². The van der Waals surface area contributed by atoms with Gasteiger partial charge in [0.2, 0.25) is 0 Å². The zero-order valence-corrected chi connectivity index (χ0v) is 13.6. The number of aromatic nitrogens is 2. The molecule has 3 saturated heterocycles. The van der Waals surface area contributed by atoms with Crippen molar-refractivity contribution >= 4 is 6.03 Å². The van der Waals surface area contributed by atoms with Gasteiger partial charge >= 0.3 is 6.03 Å². The van der Waals surface area contributed by atoms with Crippen LogP contribution in [-0.2, 0) is 11.3 Å². The molecule has 1 N–H and O–H groups in total. The van der Waals surface area contributed by atoms with E-state index < -0.39 is 0 Å². The van der Waals surface area contributed by atoms with E-state index in [2.05, 4.69) is 28.4 Å². The summed E-state index contributed by atoms with van der Waals surface area (Å²) in [4.78, 5) is 16.1. The molecule has 23 heavy (non-hydrogen) atoms. The van der Waals surface area contributed by atoms with Crippen LogP contribution in [0.25, 0.3) is 0 Å². The van der Waals surface area contributed by atoms with Crippen LogP contribution in [0.1, 0.15) is 25.0 Å². The third-order valence-electron chi connectivity index (χ3n) is 5.28. The van der Waals surface area contributed by atoms with Gasteiger partial charge in [-0.05, 0) is 13.3 Å². The minimum absolute atomic E-state index is 0.101. The van der Waals surface area contributed by atoms with Crippen molar-refractivity contribution in [2.24, 2.45) is 5.92 Å². The molecule has 4 rings (SSSR count). The average Bonchev–Trinajstić information content (AvgIpc) is 3.22. The molecule has 0 unspecified atom stereocenters. The molecule has 3 aliphatic rings. The molecule has 0 aliphatic carbocycles. The van der Waals surface area contributed by atoms with Crippen molar-refractivity contribution in [3.05, 3.63) is 18.0 Å². The number of urea groups is 1. The second-order valence-corrected chi connectivity index (χ2v) is 6.77. The van der Waals surface area contributed by atoms with Gasteiger partial charge in [-0.25, -0.2) is 4.79 Å². The van der Waals surface area contributed by atoms with Crippen molar-refractivity contribution < 1.29 is 9.53 Å². The molecule has 7 nitrogen and oxygen atoms in total. The fourth-order valence-electron chi connectivity index (χ4n) is 3.94. The topological polar surface area (TPSA) is 62.6 Å². The zero-order chi connectivity index (χ0) is 15.8. The van der Waals surface area contributed by atoms with E-state index in [0.717, 1.165) is 52.3 Å². The van der Waals surface area contributed by atoms with Crippen molar-refractivity contribution in [3.8, 4) is 0 Å². The first-order chi connectivity index (χ1) is 11.2. The maximum Gasteiger partial charge on any atom is 0.317 e. The van der Waals surface area contributed by atoms with Crippen LogP contribution in [0.4, 0.5) is 4.79 Å². The van der Waals surface area contributed by atoms with Crippen molar-refractivity contribution in [1.29, 1.82) is 0 Å². The molecule has 126 valence electrons. The molecule has 0 saturated carbocycles. The highest BCUT2D eigenvalue weighted by Gasteiger charge is 2.39. The highest BCUT2D eigenvalue weighted by molar-refractivity contribution is 5.76. The summed E-state index contributed by atoms with van der Waals surface area (Å²) in [7, 11) is 0. The molecule has 2 atom stereocenters. The van der Waals surface area contributed by atoms with Gasteiger partial charge in [0.05, 0.1) is 18.3 Å². The Labute approximate surface area is 136 Å². The first-order valence-corrected chi connectivity index (χ1v) is 8.65. The highest BCUT2D eigenvalue weighted by Crippen LogP contribution is 2.36. The van der Waals surface area contributed by atoms with E-state index >= 15 is 0 Å². The molecule has 3 aliphatic heterocycles. The summed E-state index contributed by atoms with van der Waals surface area (Å²) >= 11 is 0. The molecule has 7 heteroatoms. The lowest BCUT2D eigenvalue weighted by molar-refractivity contribution is 0.0302. The Bertz CT molecular complexity index is 569. The molecule has 0 radical (unpaired) electrons. The predicted molar refractivity (Wildman–Crippen MR) is 85.0 cm³/mol. The standard InChI is InChI=1S/C16H25N5O2/c1-2-20-9-13(7-18-20)15-12(3-6-23-15)8-19-10-14(11-19)21-5-4-17-16(21)22/h7,9,12,14-15H,2-6,8,10-11H2,1H3,(H,17,22)/t12-,15+/m1/s1. The van der Waals surface area contributed by atoms with E-state index in [1.54, 1.807) is 0 Å². The average molecular weight is 319 g/mol. The van der Waals surface area contributed by atoms with E-state index in [0.29, 0.717) is 12.0 Å². The number of nitrogens with zero attached hydrogens (tertiary/aromatic N) is 4. The number of rotatable bonds is 5. The Hall–Kier alpha value is -1.60. The van der Waals surface area contributed by atoms with E-state index in [1.165, 1.54) is 5.56 Å². The minimum Gasteiger partial charge on any atom is -0.373 e. The van der Waals surface area contributed by atoms with Gasteiger partial charge in [-0.1, -0.05) is 0 Å². The molecule has 2 amide bonds. The van der Waals surface area contributed by atoms with E-state index in [1.807, 2.05) is 15.8 Å². The number of likely N-dealkylation sites (tertiary alicyclic amines) is 1. The van der Waals surface area contributed by atoms with Crippen LogP contribution >= 0.6 is 0 Å². The van der Waals surface area contributed by atoms with Crippen molar-refractivity contribution in [1.82, 2.24) is 24.9 Å². The Balaban J connectivity index is 1.31. The fraction of sp³-hybridized carbons (Fsp3) is 0.750. The molecule has 0 bridgehead atoms. The first-order valence-electron chi connectivity index (χ1n) is 8.65. The van der Waals surface area contributed by atoms with E-state index in [4.69, 9.17) is 4.74 Å². The van der Waals surface area contributed by atoms with Crippen LogP contribution < -0.4 is 5.32 Å². The summed E-state index contributed by atoms with van der Waals surface area (Å²) in [5.74, 6) is 0.526. The summed E-state index contributed by atoms with van der Waals surface area (Å²) in [6.45, 7) is 8.49. The lowest BCUT2D eigenvalue weighted by Gasteiger charge is -2.44. The fourth-order valence-corrected chi connectivity index (χ4v) is 3.94. The Kier molecular flexibility index (Phi) is 3.98. The summed E-state index contributed by atoms with van der Waals surface area (Å²) < 4.78 is 7.93. The third-order valence-corrected chi connectivity index (χ3v) is 5.28. The number of ether oxygens (including phenoxy) is 1. The Morgan fingerprint density at radius 1 is 1.43 bits per heavy atom. The summed E-state index contributed by atoms with van der Waals surface area (Å²) in [5.41, 5.74) is 1.20. The number of carbonyl (C=O) groups excluding carboxylic acids is 1. The second kappa shape index (κ2) is 6.13. The number of carbonyl (C=O) groups is 1. The summed E-state index contributed by atoms with van der Waals surface area (Å²) in [6.07, 6.45) is 5.33. The van der Waals surface area contributed by atoms with Gasteiger partial charge in [0.1, 0.15) is 0 Å². The molecule has 0 spiro atoms. The number of nitrogens with one attached hydrogen (secondary N) is 1. The smallest absolute Gasteiger partial charge is 0.317 e. The van der Waals surface area contributed by atoms with E-state index in [-0.39, 0.29) is 12.1 Å². The summed E-state index contributed by atoms with van der Waals surface area (Å²) in [5, 5.41) is 7.25. The maximum absolute atomic E-state index is 11.7. The van der Waals surface area contributed by atoms with Crippen LogP contribution in [0.15, 0.2) is 12.4 Å². The van der Waals surface area contributed by atoms with Crippen molar-refractivity contribution in [3.63, 3.8) is 0 Å². The first kappa shape index (κ1) is 15.0. The number of aryl methyl sites for hydroxylation is 1. The highest BCUT2D eigenvalue weighted by atomic mass is 16.5. The van der Waals surface area contributed by atoms with Crippen molar-refractivity contribution in [2.75, 3.05) is 39.3 Å². The predicted octanol–water partition coefficient (Wildman–Crippen LogP) is 0.690. The molecule has 1 aromatic heterocycles. The van der Waals surface area contributed by atoms with Gasteiger partial charge in [-0.15, -0.1) is 0 Å². The lowest BCUT2D eigenvalue weighted by Crippen LogP contribution is -2.60. The number of amides is 2. The zero-order valence-electron chi connectivity index (χ0n) is 13.6. The van der Waals surface area contributed by atoms with Gasteiger partial charge in [0.25, 0.3) is 0 Å². The van der Waals surface area contributed by atoms with Gasteiger partial charge < -0.3 is 15.0 Å². The lowest BCUT2D eigenvalue weighted by atomic mass is 9.94. The molecular formula is C16H25N5O2. The molecular weight excluding hydrogens is 294 g/mol. The number of hydrogen-bond donors (Lipinski definition) is 1. The molecule has 1 aromatic rings. The van der Waals surface area contributed by atoms with Gasteiger partial charge in [-0.3, -0.25) is 9.58 Å². The minimum atomic E-state index is 0.101. The quantitative estimate of drug-likeness (QED) is 0.867. The summed E-state index contributed by atoms with van der Waals surface area (Å²) in [6, 6.07) is 0.491. The van der Waals surface area contributed by atoms with Crippen LogP contribution in [0.3, 0.4) is 0 Å². The van der Waals surface area contributed by atoms with E-state index in [9.17, 15) is 4.79 Å². The normalized spacial score (nSPS) is 29.1. The van der Waals surface area contributed by atoms with Crippen LogP contribution in [0.5, 0.6) is 0 Å². The van der Waals surface area contributed by atoms with Gasteiger partial charge in [-0.2, -0.15) is 5.10 Å². The van der Waals surface area contributed by atoms with Crippen molar-refractivity contribution in [2.45, 2.75) is 32.0 Å².